The Bertz CT molecular complexity index is 653. The number of aromatic nitrogens is 2. The maximum Gasteiger partial charge on any atom is 0.158 e. The van der Waals surface area contributed by atoms with Crippen LogP contribution in [0.15, 0.2) is 36.7 Å². The van der Waals surface area contributed by atoms with Gasteiger partial charge in [-0.15, -0.1) is 0 Å². The Hall–Kier alpha value is -2.48. The first kappa shape index (κ1) is 14.9. The minimum absolute atomic E-state index is 0.129. The summed E-state index contributed by atoms with van der Waals surface area (Å²) in [5.74, 6) is 0.285. The van der Waals surface area contributed by atoms with Gasteiger partial charge in [0.15, 0.2) is 5.69 Å². The highest BCUT2D eigenvalue weighted by atomic mass is 19.1. The highest BCUT2D eigenvalue weighted by Gasteiger charge is 2.27. The van der Waals surface area contributed by atoms with E-state index in [0.29, 0.717) is 5.82 Å². The van der Waals surface area contributed by atoms with Crippen molar-refractivity contribution in [2.24, 2.45) is 5.41 Å². The van der Waals surface area contributed by atoms with Crippen LogP contribution in [0.3, 0.4) is 0 Å². The van der Waals surface area contributed by atoms with E-state index in [1.54, 1.807) is 6.07 Å². The molecule has 0 saturated carbocycles. The minimum atomic E-state index is -0.269. The first-order chi connectivity index (χ1) is 9.90. The minimum Gasteiger partial charge on any atom is -0.361 e. The Kier molecular flexibility index (Phi) is 4.18. The molecule has 1 atom stereocenters. The van der Waals surface area contributed by atoms with E-state index in [2.05, 4.69) is 36.1 Å². The zero-order valence-corrected chi connectivity index (χ0v) is 12.3. The molecule has 0 saturated heterocycles. The van der Waals surface area contributed by atoms with Gasteiger partial charge in [-0.2, -0.15) is 5.26 Å². The van der Waals surface area contributed by atoms with Crippen molar-refractivity contribution in [3.8, 4) is 6.07 Å². The third kappa shape index (κ3) is 3.76. The van der Waals surface area contributed by atoms with Crippen LogP contribution in [0.1, 0.15) is 38.1 Å². The summed E-state index contributed by atoms with van der Waals surface area (Å²) >= 11 is 0. The van der Waals surface area contributed by atoms with Gasteiger partial charge in [0.2, 0.25) is 0 Å². The molecule has 0 aliphatic heterocycles. The van der Waals surface area contributed by atoms with Crippen LogP contribution in [0, 0.1) is 22.6 Å². The number of halogens is 1. The number of hydrogen-bond acceptors (Lipinski definition) is 4. The van der Waals surface area contributed by atoms with Crippen LogP contribution >= 0.6 is 0 Å². The number of hydrogen-bond donors (Lipinski definition) is 1. The van der Waals surface area contributed by atoms with E-state index in [0.717, 1.165) is 5.56 Å². The van der Waals surface area contributed by atoms with Crippen molar-refractivity contribution in [3.05, 3.63) is 53.7 Å². The smallest absolute Gasteiger partial charge is 0.158 e. The van der Waals surface area contributed by atoms with Gasteiger partial charge < -0.3 is 5.32 Å². The molecule has 5 heteroatoms. The van der Waals surface area contributed by atoms with Gasteiger partial charge in [-0.3, -0.25) is 0 Å². The predicted octanol–water partition coefficient (Wildman–Crippen LogP) is 3.69. The Morgan fingerprint density at radius 2 is 2.00 bits per heavy atom. The van der Waals surface area contributed by atoms with Crippen LogP contribution in [-0.2, 0) is 0 Å². The first-order valence-corrected chi connectivity index (χ1v) is 6.64. The number of nitriles is 1. The highest BCUT2D eigenvalue weighted by molar-refractivity contribution is 5.38. The number of nitrogens with zero attached hydrogens (tertiary/aromatic N) is 3. The fraction of sp³-hybridized carbons (Fsp3) is 0.312. The molecule has 0 aliphatic carbocycles. The summed E-state index contributed by atoms with van der Waals surface area (Å²) in [5.41, 5.74) is 0.955. The lowest BCUT2D eigenvalue weighted by atomic mass is 9.82. The van der Waals surface area contributed by atoms with E-state index in [-0.39, 0.29) is 23.0 Å². The average Bonchev–Trinajstić information content (AvgIpc) is 2.44. The van der Waals surface area contributed by atoms with Crippen molar-refractivity contribution in [1.82, 2.24) is 9.97 Å². The van der Waals surface area contributed by atoms with Crippen molar-refractivity contribution in [3.63, 3.8) is 0 Å². The second kappa shape index (κ2) is 5.88. The number of nitrogens with one attached hydrogen (secondary N) is 1. The van der Waals surface area contributed by atoms with Gasteiger partial charge in [-0.25, -0.2) is 14.4 Å². The predicted molar refractivity (Wildman–Crippen MR) is 79.0 cm³/mol. The molecule has 2 aromatic rings. The van der Waals surface area contributed by atoms with Crippen LogP contribution in [0.2, 0.25) is 0 Å². The van der Waals surface area contributed by atoms with Crippen molar-refractivity contribution in [2.45, 2.75) is 26.8 Å². The SMILES string of the molecule is CC(C)(C)C(Nc1cnc(C#N)cn1)c1cccc(F)c1. The van der Waals surface area contributed by atoms with Crippen molar-refractivity contribution in [2.75, 3.05) is 5.32 Å². The molecule has 0 bridgehead atoms. The number of benzene rings is 1. The lowest BCUT2D eigenvalue weighted by Gasteiger charge is -2.32. The molecule has 1 aromatic carbocycles. The zero-order chi connectivity index (χ0) is 15.5. The molecule has 1 heterocycles. The van der Waals surface area contributed by atoms with Gasteiger partial charge in [0, 0.05) is 0 Å². The number of anilines is 1. The quantitative estimate of drug-likeness (QED) is 0.933. The summed E-state index contributed by atoms with van der Waals surface area (Å²) in [4.78, 5) is 8.14. The van der Waals surface area contributed by atoms with Crippen LogP contribution in [0.5, 0.6) is 0 Å². The summed E-state index contributed by atoms with van der Waals surface area (Å²) in [6.45, 7) is 6.19. The van der Waals surface area contributed by atoms with E-state index in [4.69, 9.17) is 5.26 Å². The van der Waals surface area contributed by atoms with Crippen LogP contribution in [0.4, 0.5) is 10.2 Å². The molecular formula is C16H17FN4. The van der Waals surface area contributed by atoms with Crippen molar-refractivity contribution in [1.29, 1.82) is 5.26 Å². The molecule has 0 spiro atoms. The van der Waals surface area contributed by atoms with Gasteiger partial charge in [0.05, 0.1) is 18.4 Å². The third-order valence-corrected chi connectivity index (χ3v) is 3.11. The second-order valence-corrected chi connectivity index (χ2v) is 5.90. The molecule has 1 N–H and O–H groups in total. The van der Waals surface area contributed by atoms with Gasteiger partial charge in [-0.1, -0.05) is 32.9 Å². The molecule has 4 nitrogen and oxygen atoms in total. The summed E-state index contributed by atoms with van der Waals surface area (Å²) in [7, 11) is 0. The lowest BCUT2D eigenvalue weighted by molar-refractivity contribution is 0.346. The molecule has 108 valence electrons. The molecule has 0 fully saturated rings. The van der Waals surface area contributed by atoms with Crippen LogP contribution in [0.25, 0.3) is 0 Å². The lowest BCUT2D eigenvalue weighted by Crippen LogP contribution is -2.26. The Balaban J connectivity index is 2.31. The topological polar surface area (TPSA) is 61.6 Å². The summed E-state index contributed by atoms with van der Waals surface area (Å²) in [6.07, 6.45) is 2.92. The van der Waals surface area contributed by atoms with Crippen molar-refractivity contribution >= 4 is 5.82 Å². The average molecular weight is 284 g/mol. The molecule has 0 amide bonds. The van der Waals surface area contributed by atoms with E-state index in [1.165, 1.54) is 24.5 Å². The van der Waals surface area contributed by atoms with E-state index in [1.807, 2.05) is 12.1 Å². The van der Waals surface area contributed by atoms with Gasteiger partial charge in [-0.05, 0) is 23.1 Å². The standard InChI is InChI=1S/C16H17FN4/c1-16(2,3)15(11-5-4-6-12(17)7-11)21-14-10-19-13(8-18)9-20-14/h4-7,9-10,15H,1-3H3,(H,20,21). The molecular weight excluding hydrogens is 267 g/mol. The highest BCUT2D eigenvalue weighted by Crippen LogP contribution is 2.35. The summed E-state index contributed by atoms with van der Waals surface area (Å²) in [6, 6.07) is 8.30. The molecule has 2 rings (SSSR count). The van der Waals surface area contributed by atoms with Gasteiger partial charge in [0.25, 0.3) is 0 Å². The maximum atomic E-state index is 13.5. The van der Waals surface area contributed by atoms with E-state index >= 15 is 0 Å². The molecule has 1 unspecified atom stereocenters. The zero-order valence-electron chi connectivity index (χ0n) is 12.3. The summed E-state index contributed by atoms with van der Waals surface area (Å²) in [5, 5.41) is 12.0. The monoisotopic (exact) mass is 284 g/mol. The van der Waals surface area contributed by atoms with Crippen molar-refractivity contribution < 1.29 is 4.39 Å². The third-order valence-electron chi connectivity index (χ3n) is 3.11. The Morgan fingerprint density at radius 3 is 2.52 bits per heavy atom. The Morgan fingerprint density at radius 1 is 1.24 bits per heavy atom. The molecule has 21 heavy (non-hydrogen) atoms. The van der Waals surface area contributed by atoms with E-state index in [9.17, 15) is 4.39 Å². The maximum absolute atomic E-state index is 13.5. The fourth-order valence-corrected chi connectivity index (χ4v) is 2.09. The first-order valence-electron chi connectivity index (χ1n) is 6.64. The van der Waals surface area contributed by atoms with E-state index < -0.39 is 0 Å². The second-order valence-electron chi connectivity index (χ2n) is 5.90. The normalized spacial score (nSPS) is 12.5. The summed E-state index contributed by atoms with van der Waals surface area (Å²) < 4.78 is 13.5. The van der Waals surface area contributed by atoms with Gasteiger partial charge in [0.1, 0.15) is 17.7 Å². The van der Waals surface area contributed by atoms with Crippen LogP contribution < -0.4 is 5.32 Å². The van der Waals surface area contributed by atoms with Gasteiger partial charge >= 0.3 is 0 Å². The Labute approximate surface area is 123 Å². The number of rotatable bonds is 3. The fourth-order valence-electron chi connectivity index (χ4n) is 2.09. The van der Waals surface area contributed by atoms with Crippen LogP contribution in [-0.4, -0.2) is 9.97 Å². The molecule has 0 aliphatic rings. The largest absolute Gasteiger partial charge is 0.361 e. The molecule has 1 aromatic heterocycles. The molecule has 0 radical (unpaired) electrons.